The molecular formula is C32H28O5. The molecule has 0 saturated heterocycles. The summed E-state index contributed by atoms with van der Waals surface area (Å²) in [6, 6.07) is 29.3. The number of benzene rings is 5. The number of hydrogen-bond donors (Lipinski definition) is 0. The summed E-state index contributed by atoms with van der Waals surface area (Å²) < 4.78 is 16.7. The summed E-state index contributed by atoms with van der Waals surface area (Å²) in [5, 5.41) is 5.60. The van der Waals surface area contributed by atoms with Crippen LogP contribution in [-0.4, -0.2) is 25.7 Å². The molecule has 2 atom stereocenters. The van der Waals surface area contributed by atoms with Crippen molar-refractivity contribution in [2.75, 3.05) is 13.7 Å². The van der Waals surface area contributed by atoms with Crippen molar-refractivity contribution in [1.29, 1.82) is 0 Å². The van der Waals surface area contributed by atoms with Gasteiger partial charge in [-0.3, -0.25) is 4.79 Å². The standard InChI is InChI=1S/C32H28O5/c1-4-36-32(34)30(29-27-11-7-5-9-24(27)18-25-10-6-8-12-28(25)29)37-31(33)20(2)21-13-14-23-19-26(35-3)16-15-22(23)17-21/h5-20,30H,4H2,1-3H3/t20-,30+/m0/s1. The van der Waals surface area contributed by atoms with E-state index in [0.29, 0.717) is 5.56 Å². The first-order valence-corrected chi connectivity index (χ1v) is 12.4. The lowest BCUT2D eigenvalue weighted by molar-refractivity contribution is -0.168. The third-order valence-electron chi connectivity index (χ3n) is 6.73. The third-order valence-corrected chi connectivity index (χ3v) is 6.73. The molecule has 5 heteroatoms. The number of hydrogen-bond acceptors (Lipinski definition) is 5. The van der Waals surface area contributed by atoms with Crippen LogP contribution in [0.4, 0.5) is 0 Å². The summed E-state index contributed by atoms with van der Waals surface area (Å²) in [4.78, 5) is 26.7. The molecule has 0 aliphatic rings. The zero-order valence-electron chi connectivity index (χ0n) is 21.1. The molecule has 0 heterocycles. The fourth-order valence-corrected chi connectivity index (χ4v) is 4.77. The van der Waals surface area contributed by atoms with E-state index in [1.165, 1.54) is 0 Å². The largest absolute Gasteiger partial charge is 0.497 e. The van der Waals surface area contributed by atoms with Gasteiger partial charge in [-0.1, -0.05) is 72.8 Å². The van der Waals surface area contributed by atoms with Crippen molar-refractivity contribution < 1.29 is 23.8 Å². The number of fused-ring (bicyclic) bond motifs is 3. The molecule has 0 aromatic heterocycles. The minimum absolute atomic E-state index is 0.180. The average molecular weight is 493 g/mol. The maximum Gasteiger partial charge on any atom is 0.352 e. The molecule has 186 valence electrons. The summed E-state index contributed by atoms with van der Waals surface area (Å²) in [6.07, 6.45) is -1.20. The predicted octanol–water partition coefficient (Wildman–Crippen LogP) is 7.11. The third kappa shape index (κ3) is 4.73. The first-order chi connectivity index (χ1) is 18.0. The van der Waals surface area contributed by atoms with Gasteiger partial charge in [0.05, 0.1) is 19.6 Å². The van der Waals surface area contributed by atoms with Gasteiger partial charge in [-0.15, -0.1) is 0 Å². The molecule has 5 aromatic carbocycles. The molecule has 0 bridgehead atoms. The van der Waals surface area contributed by atoms with Crippen LogP contribution < -0.4 is 4.74 Å². The Morgan fingerprint density at radius 1 is 0.730 bits per heavy atom. The van der Waals surface area contributed by atoms with E-state index in [9.17, 15) is 9.59 Å². The minimum Gasteiger partial charge on any atom is -0.497 e. The molecule has 0 spiro atoms. The highest BCUT2D eigenvalue weighted by Crippen LogP contribution is 2.36. The summed E-state index contributed by atoms with van der Waals surface area (Å²) in [7, 11) is 1.63. The average Bonchev–Trinajstić information content (AvgIpc) is 2.93. The Labute approximate surface area is 215 Å². The second kappa shape index (κ2) is 10.3. The van der Waals surface area contributed by atoms with Crippen LogP contribution in [0.1, 0.15) is 37.0 Å². The van der Waals surface area contributed by atoms with Gasteiger partial charge < -0.3 is 14.2 Å². The predicted molar refractivity (Wildman–Crippen MR) is 146 cm³/mol. The molecule has 5 aromatic rings. The number of carbonyl (C=O) groups excluding carboxylic acids is 2. The maximum absolute atomic E-state index is 13.5. The highest BCUT2D eigenvalue weighted by Gasteiger charge is 2.32. The van der Waals surface area contributed by atoms with Crippen LogP contribution in [0.2, 0.25) is 0 Å². The number of esters is 2. The van der Waals surface area contributed by atoms with Crippen LogP contribution in [0.3, 0.4) is 0 Å². The van der Waals surface area contributed by atoms with Crippen molar-refractivity contribution in [3.63, 3.8) is 0 Å². The van der Waals surface area contributed by atoms with Crippen molar-refractivity contribution in [1.82, 2.24) is 0 Å². The first kappa shape index (κ1) is 24.3. The van der Waals surface area contributed by atoms with Gasteiger partial charge in [-0.25, -0.2) is 4.79 Å². The zero-order chi connectivity index (χ0) is 25.9. The number of methoxy groups -OCH3 is 1. The summed E-state index contributed by atoms with van der Waals surface area (Å²) in [5.41, 5.74) is 1.44. The monoisotopic (exact) mass is 492 g/mol. The van der Waals surface area contributed by atoms with Crippen LogP contribution >= 0.6 is 0 Å². The summed E-state index contributed by atoms with van der Waals surface area (Å²) >= 11 is 0. The van der Waals surface area contributed by atoms with Gasteiger partial charge in [0.15, 0.2) is 0 Å². The van der Waals surface area contributed by atoms with Crippen molar-refractivity contribution in [3.05, 3.63) is 102 Å². The van der Waals surface area contributed by atoms with Crippen molar-refractivity contribution in [2.24, 2.45) is 0 Å². The molecule has 0 radical (unpaired) electrons. The van der Waals surface area contributed by atoms with Crippen LogP contribution in [-0.2, 0) is 19.1 Å². The van der Waals surface area contributed by atoms with Crippen LogP contribution in [0.25, 0.3) is 32.3 Å². The molecule has 0 aliphatic heterocycles. The fraction of sp³-hybridized carbons (Fsp3) is 0.188. The second-order valence-corrected chi connectivity index (χ2v) is 9.00. The number of ether oxygens (including phenoxy) is 3. The molecule has 0 saturated carbocycles. The van der Waals surface area contributed by atoms with Crippen LogP contribution in [0, 0.1) is 0 Å². The van der Waals surface area contributed by atoms with E-state index in [-0.39, 0.29) is 6.61 Å². The maximum atomic E-state index is 13.5. The van der Waals surface area contributed by atoms with Gasteiger partial charge in [-0.05, 0) is 69.9 Å². The first-order valence-electron chi connectivity index (χ1n) is 12.4. The second-order valence-electron chi connectivity index (χ2n) is 9.00. The van der Waals surface area contributed by atoms with Gasteiger partial charge in [-0.2, -0.15) is 0 Å². The smallest absolute Gasteiger partial charge is 0.352 e. The topological polar surface area (TPSA) is 61.8 Å². The lowest BCUT2D eigenvalue weighted by Crippen LogP contribution is -2.25. The Hall–Kier alpha value is -4.38. The van der Waals surface area contributed by atoms with E-state index in [1.807, 2.05) is 84.9 Å². The lowest BCUT2D eigenvalue weighted by atomic mass is 9.93. The van der Waals surface area contributed by atoms with Gasteiger partial charge in [0, 0.05) is 5.56 Å². The highest BCUT2D eigenvalue weighted by atomic mass is 16.6. The molecule has 0 amide bonds. The molecule has 0 fully saturated rings. The van der Waals surface area contributed by atoms with Crippen LogP contribution in [0.5, 0.6) is 5.75 Å². The van der Waals surface area contributed by atoms with Crippen molar-refractivity contribution in [2.45, 2.75) is 25.9 Å². The van der Waals surface area contributed by atoms with Crippen molar-refractivity contribution in [3.8, 4) is 5.75 Å². The fourth-order valence-electron chi connectivity index (χ4n) is 4.77. The van der Waals surface area contributed by atoms with E-state index in [4.69, 9.17) is 14.2 Å². The summed E-state index contributed by atoms with van der Waals surface area (Å²) in [6.45, 7) is 3.71. The van der Waals surface area contributed by atoms with Gasteiger partial charge in [0.1, 0.15) is 5.75 Å². The Morgan fingerprint density at radius 3 is 2.00 bits per heavy atom. The Morgan fingerprint density at radius 2 is 1.35 bits per heavy atom. The van der Waals surface area contributed by atoms with Crippen LogP contribution in [0.15, 0.2) is 91.0 Å². The molecule has 5 rings (SSSR count). The van der Waals surface area contributed by atoms with Gasteiger partial charge in [0.25, 0.3) is 0 Å². The summed E-state index contributed by atoms with van der Waals surface area (Å²) in [5.74, 6) is -0.907. The Balaban J connectivity index is 1.55. The quantitative estimate of drug-likeness (QED) is 0.179. The SMILES string of the molecule is CCOC(=O)[C@H](OC(=O)[C@@H](C)c1ccc2cc(OC)ccc2c1)c1c2ccccc2cc2ccccc12. The van der Waals surface area contributed by atoms with E-state index < -0.39 is 24.0 Å². The van der Waals surface area contributed by atoms with Crippen molar-refractivity contribution >= 4 is 44.3 Å². The molecule has 0 aliphatic carbocycles. The van der Waals surface area contributed by atoms with Gasteiger partial charge in [0.2, 0.25) is 6.10 Å². The highest BCUT2D eigenvalue weighted by molar-refractivity contribution is 6.05. The van der Waals surface area contributed by atoms with E-state index in [1.54, 1.807) is 21.0 Å². The minimum atomic E-state index is -1.20. The zero-order valence-corrected chi connectivity index (χ0v) is 21.1. The molecule has 5 nitrogen and oxygen atoms in total. The lowest BCUT2D eigenvalue weighted by Gasteiger charge is -2.22. The Bertz CT molecular complexity index is 1570. The normalized spacial score (nSPS) is 12.8. The van der Waals surface area contributed by atoms with E-state index in [2.05, 4.69) is 6.07 Å². The Kier molecular flexibility index (Phi) is 6.78. The molecule has 0 N–H and O–H groups in total. The number of rotatable bonds is 7. The molecule has 37 heavy (non-hydrogen) atoms. The molecular weight excluding hydrogens is 464 g/mol. The molecule has 0 unspecified atom stereocenters. The van der Waals surface area contributed by atoms with Gasteiger partial charge >= 0.3 is 11.9 Å². The van der Waals surface area contributed by atoms with E-state index in [0.717, 1.165) is 43.6 Å². The van der Waals surface area contributed by atoms with E-state index >= 15 is 0 Å². The number of carbonyl (C=O) groups is 2.